The molecule has 0 atom stereocenters. The van der Waals surface area contributed by atoms with Crippen LogP contribution >= 0.6 is 36.4 Å². The summed E-state index contributed by atoms with van der Waals surface area (Å²) in [5.74, 6) is 5.18. The number of nitrogens with zero attached hydrogens (tertiary/aromatic N) is 1. The van der Waals surface area contributed by atoms with Crippen molar-refractivity contribution in [3.05, 3.63) is 29.3 Å². The number of nitrogens with two attached hydrogens (primary N) is 2. The van der Waals surface area contributed by atoms with Crippen LogP contribution in [-0.2, 0) is 0 Å². The molecule has 1 rings (SSSR count). The van der Waals surface area contributed by atoms with Crippen LogP contribution in [0.5, 0.6) is 0 Å². The Kier molecular flexibility index (Phi) is 8.68. The van der Waals surface area contributed by atoms with E-state index in [9.17, 15) is 0 Å². The predicted molar refractivity (Wildman–Crippen MR) is 64.6 cm³/mol. The van der Waals surface area contributed by atoms with Crippen molar-refractivity contribution in [1.29, 1.82) is 0 Å². The highest BCUT2D eigenvalue weighted by molar-refractivity contribution is 6.30. The zero-order valence-electron chi connectivity index (χ0n) is 7.11. The molecule has 1 aromatic carbocycles. The largest absolute Gasteiger partial charge is 0.369 e. The van der Waals surface area contributed by atoms with Crippen molar-refractivity contribution >= 4 is 48.1 Å². The number of aliphatic imine (C=N–C) groups is 1. The van der Waals surface area contributed by atoms with Gasteiger partial charge in [-0.1, -0.05) is 11.6 Å². The van der Waals surface area contributed by atoms with Gasteiger partial charge in [-0.15, -0.1) is 24.8 Å². The Morgan fingerprint density at radius 3 is 2.14 bits per heavy atom. The van der Waals surface area contributed by atoms with Crippen LogP contribution in [0.1, 0.15) is 0 Å². The molecule has 0 saturated heterocycles. The lowest BCUT2D eigenvalue weighted by Crippen LogP contribution is -2.36. The molecular formula is C7H11Cl3N4. The van der Waals surface area contributed by atoms with Crippen molar-refractivity contribution in [2.75, 3.05) is 0 Å². The van der Waals surface area contributed by atoms with E-state index in [2.05, 4.69) is 10.4 Å². The summed E-state index contributed by atoms with van der Waals surface area (Å²) in [5, 5.41) is 0.660. The molecule has 14 heavy (non-hydrogen) atoms. The number of hydrogen-bond acceptors (Lipinski definition) is 2. The number of halogens is 3. The molecule has 7 heteroatoms. The van der Waals surface area contributed by atoms with Crippen molar-refractivity contribution in [1.82, 2.24) is 5.43 Å². The fourth-order valence-corrected chi connectivity index (χ4v) is 0.813. The van der Waals surface area contributed by atoms with Gasteiger partial charge < -0.3 is 5.73 Å². The van der Waals surface area contributed by atoms with Gasteiger partial charge in [-0.05, 0) is 24.3 Å². The molecular weight excluding hydrogens is 246 g/mol. The molecule has 4 nitrogen and oxygen atoms in total. The third-order valence-electron chi connectivity index (χ3n) is 1.22. The Balaban J connectivity index is 0. The fourth-order valence-electron chi connectivity index (χ4n) is 0.687. The molecule has 1 aromatic rings. The molecule has 0 aliphatic heterocycles. The minimum absolute atomic E-state index is 0. The van der Waals surface area contributed by atoms with Crippen LogP contribution in [0.4, 0.5) is 5.69 Å². The third kappa shape index (κ3) is 5.14. The van der Waals surface area contributed by atoms with E-state index in [0.29, 0.717) is 10.7 Å². The quantitative estimate of drug-likeness (QED) is 0.309. The molecule has 0 radical (unpaired) electrons. The van der Waals surface area contributed by atoms with E-state index in [1.165, 1.54) is 0 Å². The van der Waals surface area contributed by atoms with E-state index in [0.717, 1.165) is 0 Å². The van der Waals surface area contributed by atoms with Crippen LogP contribution in [0.2, 0.25) is 5.02 Å². The molecule has 0 aromatic heterocycles. The van der Waals surface area contributed by atoms with Crippen LogP contribution in [-0.4, -0.2) is 5.96 Å². The van der Waals surface area contributed by atoms with Crippen LogP contribution < -0.4 is 17.0 Å². The first-order valence-corrected chi connectivity index (χ1v) is 3.66. The van der Waals surface area contributed by atoms with E-state index in [-0.39, 0.29) is 30.8 Å². The number of rotatable bonds is 1. The molecule has 0 aliphatic rings. The second-order valence-corrected chi connectivity index (χ2v) is 2.55. The predicted octanol–water partition coefficient (Wildman–Crippen LogP) is 1.59. The Morgan fingerprint density at radius 1 is 1.21 bits per heavy atom. The van der Waals surface area contributed by atoms with E-state index >= 15 is 0 Å². The molecule has 0 heterocycles. The molecule has 0 bridgehead atoms. The number of hydrazine groups is 1. The van der Waals surface area contributed by atoms with E-state index < -0.39 is 0 Å². The average Bonchev–Trinajstić information content (AvgIpc) is 2.09. The fraction of sp³-hybridized carbons (Fsp3) is 0. The average molecular weight is 258 g/mol. The summed E-state index contributed by atoms with van der Waals surface area (Å²) in [6.45, 7) is 0. The zero-order chi connectivity index (χ0) is 8.97. The Morgan fingerprint density at radius 2 is 1.71 bits per heavy atom. The molecule has 0 amide bonds. The first kappa shape index (κ1) is 15.8. The zero-order valence-corrected chi connectivity index (χ0v) is 9.49. The minimum atomic E-state index is 0. The molecule has 80 valence electrons. The summed E-state index contributed by atoms with van der Waals surface area (Å²) in [7, 11) is 0. The van der Waals surface area contributed by atoms with Crippen molar-refractivity contribution in [3.63, 3.8) is 0 Å². The molecule has 0 spiro atoms. The summed E-state index contributed by atoms with van der Waals surface area (Å²) >= 11 is 5.66. The Bertz CT molecular complexity index is 285. The second kappa shape index (κ2) is 7.70. The van der Waals surface area contributed by atoms with Gasteiger partial charge in [0.1, 0.15) is 0 Å². The van der Waals surface area contributed by atoms with Crippen LogP contribution in [0.25, 0.3) is 0 Å². The standard InChI is InChI=1S/C7H9ClN4.2ClH/c8-5-1-3-6(4-2-5)11-7(9)12-10;;/h1-4H,10H2,(H3,9,11,12);2*1H. The van der Waals surface area contributed by atoms with Gasteiger partial charge in [-0.3, -0.25) is 5.43 Å². The minimum Gasteiger partial charge on any atom is -0.369 e. The molecule has 5 N–H and O–H groups in total. The highest BCUT2D eigenvalue weighted by Gasteiger charge is 1.90. The molecule has 0 aliphatic carbocycles. The maximum Gasteiger partial charge on any atom is 0.208 e. The van der Waals surface area contributed by atoms with Crippen LogP contribution in [0.3, 0.4) is 0 Å². The van der Waals surface area contributed by atoms with Crippen molar-refractivity contribution in [2.45, 2.75) is 0 Å². The summed E-state index contributed by atoms with van der Waals surface area (Å²) in [6, 6.07) is 6.94. The van der Waals surface area contributed by atoms with Crippen molar-refractivity contribution < 1.29 is 0 Å². The van der Waals surface area contributed by atoms with Crippen molar-refractivity contribution in [2.24, 2.45) is 16.6 Å². The number of nitrogens with one attached hydrogen (secondary N) is 1. The smallest absolute Gasteiger partial charge is 0.208 e. The Hall–Kier alpha value is -0.680. The van der Waals surface area contributed by atoms with Crippen molar-refractivity contribution in [3.8, 4) is 0 Å². The first-order valence-electron chi connectivity index (χ1n) is 3.28. The van der Waals surface area contributed by atoms with Gasteiger partial charge in [0.05, 0.1) is 5.69 Å². The summed E-state index contributed by atoms with van der Waals surface area (Å²) in [4.78, 5) is 3.92. The lowest BCUT2D eigenvalue weighted by Gasteiger charge is -1.97. The highest BCUT2D eigenvalue weighted by atomic mass is 35.5. The highest BCUT2D eigenvalue weighted by Crippen LogP contribution is 2.15. The van der Waals surface area contributed by atoms with Gasteiger partial charge in [0.15, 0.2) is 0 Å². The van der Waals surface area contributed by atoms with E-state index in [1.54, 1.807) is 24.3 Å². The monoisotopic (exact) mass is 256 g/mol. The maximum absolute atomic E-state index is 5.66. The molecule has 0 unspecified atom stereocenters. The summed E-state index contributed by atoms with van der Waals surface area (Å²) in [6.07, 6.45) is 0. The van der Waals surface area contributed by atoms with Gasteiger partial charge in [0.2, 0.25) is 5.96 Å². The Labute approximate surface area is 99.5 Å². The first-order chi connectivity index (χ1) is 5.72. The third-order valence-corrected chi connectivity index (χ3v) is 1.48. The number of benzene rings is 1. The maximum atomic E-state index is 5.66. The molecule has 0 saturated carbocycles. The van der Waals surface area contributed by atoms with Crippen LogP contribution in [0, 0.1) is 0 Å². The van der Waals surface area contributed by atoms with E-state index in [1.807, 2.05) is 0 Å². The SMILES string of the molecule is Cl.Cl.NNC(N)=Nc1ccc(Cl)cc1. The normalized spacial score (nSPS) is 9.71. The second-order valence-electron chi connectivity index (χ2n) is 2.12. The summed E-state index contributed by atoms with van der Waals surface area (Å²) < 4.78 is 0. The topological polar surface area (TPSA) is 76.4 Å². The lowest BCUT2D eigenvalue weighted by atomic mass is 10.3. The van der Waals surface area contributed by atoms with Gasteiger partial charge in [-0.2, -0.15) is 0 Å². The van der Waals surface area contributed by atoms with Gasteiger partial charge in [0.25, 0.3) is 0 Å². The number of hydrogen-bond donors (Lipinski definition) is 3. The lowest BCUT2D eigenvalue weighted by molar-refractivity contribution is 1.01. The summed E-state index contributed by atoms with van der Waals surface area (Å²) in [5.41, 5.74) is 8.25. The van der Waals surface area contributed by atoms with Gasteiger partial charge >= 0.3 is 0 Å². The number of guanidine groups is 1. The van der Waals surface area contributed by atoms with E-state index in [4.69, 9.17) is 23.2 Å². The van der Waals surface area contributed by atoms with Gasteiger partial charge in [-0.25, -0.2) is 10.8 Å². The molecule has 0 fully saturated rings. The van der Waals surface area contributed by atoms with Gasteiger partial charge in [0, 0.05) is 5.02 Å². The van der Waals surface area contributed by atoms with Crippen LogP contribution in [0.15, 0.2) is 29.3 Å².